The summed E-state index contributed by atoms with van der Waals surface area (Å²) in [6, 6.07) is 9.09. The molecule has 0 N–H and O–H groups in total. The second-order valence-corrected chi connectivity index (χ2v) is 4.40. The van der Waals surface area contributed by atoms with E-state index < -0.39 is 0 Å². The van der Waals surface area contributed by atoms with Crippen LogP contribution < -0.4 is 0 Å². The molecule has 0 aliphatic carbocycles. The summed E-state index contributed by atoms with van der Waals surface area (Å²) in [6.45, 7) is 3.94. The first-order chi connectivity index (χ1) is 8.08. The second-order valence-electron chi connectivity index (χ2n) is 4.02. The third-order valence-corrected chi connectivity index (χ3v) is 2.84. The van der Waals surface area contributed by atoms with Crippen LogP contribution in [0.25, 0.3) is 0 Å². The number of carbonyl (C=O) groups is 1. The smallest absolute Gasteiger partial charge is 0.194 e. The van der Waals surface area contributed by atoms with E-state index in [-0.39, 0.29) is 5.78 Å². The minimum atomic E-state index is -0.0216. The van der Waals surface area contributed by atoms with Crippen LogP contribution in [0.1, 0.15) is 27.0 Å². The Labute approximate surface area is 105 Å². The van der Waals surface area contributed by atoms with Crippen molar-refractivity contribution in [2.45, 2.75) is 13.8 Å². The molecule has 1 aromatic carbocycles. The highest BCUT2D eigenvalue weighted by Crippen LogP contribution is 2.16. The number of nitrogens with zero attached hydrogens (tertiary/aromatic N) is 1. The number of carbonyl (C=O) groups excluding carboxylic acids is 1. The molecule has 0 radical (unpaired) electrons. The van der Waals surface area contributed by atoms with Gasteiger partial charge in [0, 0.05) is 17.3 Å². The Morgan fingerprint density at radius 2 is 1.94 bits per heavy atom. The number of hydrogen-bond acceptors (Lipinski definition) is 2. The van der Waals surface area contributed by atoms with Crippen molar-refractivity contribution in [2.75, 3.05) is 0 Å². The summed E-state index contributed by atoms with van der Waals surface area (Å²) in [4.78, 5) is 16.1. The van der Waals surface area contributed by atoms with Gasteiger partial charge in [0.05, 0.1) is 0 Å². The number of benzene rings is 1. The van der Waals surface area contributed by atoms with Crippen molar-refractivity contribution in [3.8, 4) is 0 Å². The van der Waals surface area contributed by atoms with Gasteiger partial charge in [-0.2, -0.15) is 0 Å². The van der Waals surface area contributed by atoms with Gasteiger partial charge >= 0.3 is 0 Å². The zero-order chi connectivity index (χ0) is 12.4. The minimum Gasteiger partial charge on any atom is -0.289 e. The summed E-state index contributed by atoms with van der Waals surface area (Å²) in [7, 11) is 0. The van der Waals surface area contributed by atoms with Gasteiger partial charge < -0.3 is 0 Å². The summed E-state index contributed by atoms with van der Waals surface area (Å²) in [6.07, 6.45) is 1.50. The van der Waals surface area contributed by atoms with E-state index in [0.29, 0.717) is 16.3 Å². The minimum absolute atomic E-state index is 0.0216. The van der Waals surface area contributed by atoms with Crippen molar-refractivity contribution in [1.82, 2.24) is 4.98 Å². The SMILES string of the molecule is Cc1ccc(C(=O)c2ccc(Cl)nc2)c(C)c1. The third kappa shape index (κ3) is 2.53. The lowest BCUT2D eigenvalue weighted by molar-refractivity contribution is 0.103. The molecule has 0 spiro atoms. The Morgan fingerprint density at radius 1 is 1.18 bits per heavy atom. The fraction of sp³-hybridized carbons (Fsp3) is 0.143. The molecule has 0 aliphatic rings. The third-order valence-electron chi connectivity index (χ3n) is 2.62. The maximum absolute atomic E-state index is 12.2. The van der Waals surface area contributed by atoms with Crippen molar-refractivity contribution in [3.63, 3.8) is 0 Å². The van der Waals surface area contributed by atoms with E-state index in [1.165, 1.54) is 6.20 Å². The van der Waals surface area contributed by atoms with Crippen LogP contribution >= 0.6 is 11.6 Å². The van der Waals surface area contributed by atoms with Crippen molar-refractivity contribution >= 4 is 17.4 Å². The zero-order valence-electron chi connectivity index (χ0n) is 9.70. The highest BCUT2D eigenvalue weighted by Gasteiger charge is 2.11. The molecule has 0 saturated heterocycles. The van der Waals surface area contributed by atoms with Crippen molar-refractivity contribution in [3.05, 3.63) is 63.9 Å². The van der Waals surface area contributed by atoms with E-state index in [1.807, 2.05) is 32.0 Å². The number of aryl methyl sites for hydroxylation is 2. The van der Waals surface area contributed by atoms with Gasteiger partial charge in [0.15, 0.2) is 5.78 Å². The van der Waals surface area contributed by atoms with Crippen LogP contribution in [-0.2, 0) is 0 Å². The molecule has 0 bridgehead atoms. The Hall–Kier alpha value is -1.67. The summed E-state index contributed by atoms with van der Waals surface area (Å²) in [5.41, 5.74) is 3.39. The molecule has 0 aliphatic heterocycles. The molecule has 86 valence electrons. The van der Waals surface area contributed by atoms with E-state index in [4.69, 9.17) is 11.6 Å². The summed E-state index contributed by atoms with van der Waals surface area (Å²) < 4.78 is 0. The Morgan fingerprint density at radius 3 is 2.53 bits per heavy atom. The molecule has 2 aromatic rings. The van der Waals surface area contributed by atoms with Crippen LogP contribution in [0, 0.1) is 13.8 Å². The van der Waals surface area contributed by atoms with E-state index in [0.717, 1.165) is 11.1 Å². The Kier molecular flexibility index (Phi) is 3.25. The lowest BCUT2D eigenvalue weighted by atomic mass is 9.99. The lowest BCUT2D eigenvalue weighted by Crippen LogP contribution is -2.04. The fourth-order valence-electron chi connectivity index (χ4n) is 1.73. The van der Waals surface area contributed by atoms with E-state index in [2.05, 4.69) is 4.98 Å². The maximum Gasteiger partial charge on any atom is 0.194 e. The number of rotatable bonds is 2. The monoisotopic (exact) mass is 245 g/mol. The molecular formula is C14H12ClNO. The van der Waals surface area contributed by atoms with Gasteiger partial charge in [-0.1, -0.05) is 35.4 Å². The molecule has 0 unspecified atom stereocenters. The maximum atomic E-state index is 12.2. The molecule has 2 rings (SSSR count). The Balaban J connectivity index is 2.40. The number of ketones is 1. The van der Waals surface area contributed by atoms with Gasteiger partial charge in [-0.3, -0.25) is 4.79 Å². The molecular weight excluding hydrogens is 234 g/mol. The molecule has 3 heteroatoms. The van der Waals surface area contributed by atoms with Crippen molar-refractivity contribution in [1.29, 1.82) is 0 Å². The first kappa shape index (κ1) is 11.8. The predicted octanol–water partition coefficient (Wildman–Crippen LogP) is 3.58. The summed E-state index contributed by atoms with van der Waals surface area (Å²) in [5, 5.41) is 0.391. The molecule has 17 heavy (non-hydrogen) atoms. The van der Waals surface area contributed by atoms with E-state index >= 15 is 0 Å². The average Bonchev–Trinajstić information content (AvgIpc) is 2.29. The quantitative estimate of drug-likeness (QED) is 0.598. The number of pyridine rings is 1. The molecule has 0 amide bonds. The topological polar surface area (TPSA) is 30.0 Å². The van der Waals surface area contributed by atoms with Crippen molar-refractivity contribution in [2.24, 2.45) is 0 Å². The van der Waals surface area contributed by atoms with Crippen molar-refractivity contribution < 1.29 is 4.79 Å². The summed E-state index contributed by atoms with van der Waals surface area (Å²) in [5.74, 6) is -0.0216. The van der Waals surface area contributed by atoms with Crippen LogP contribution in [0.4, 0.5) is 0 Å². The predicted molar refractivity (Wildman–Crippen MR) is 68.6 cm³/mol. The second kappa shape index (κ2) is 4.68. The molecule has 1 aromatic heterocycles. The molecule has 0 fully saturated rings. The zero-order valence-corrected chi connectivity index (χ0v) is 10.5. The van der Waals surface area contributed by atoms with Gasteiger partial charge in [-0.25, -0.2) is 4.98 Å². The van der Waals surface area contributed by atoms with Gasteiger partial charge in [-0.15, -0.1) is 0 Å². The van der Waals surface area contributed by atoms with Gasteiger partial charge in [0.2, 0.25) is 0 Å². The molecule has 0 saturated carbocycles. The normalized spacial score (nSPS) is 10.3. The highest BCUT2D eigenvalue weighted by atomic mass is 35.5. The van der Waals surface area contributed by atoms with Crippen LogP contribution in [0.15, 0.2) is 36.5 Å². The van der Waals surface area contributed by atoms with Gasteiger partial charge in [-0.05, 0) is 31.5 Å². The molecule has 0 atom stereocenters. The highest BCUT2D eigenvalue weighted by molar-refractivity contribution is 6.29. The van der Waals surface area contributed by atoms with Crippen LogP contribution in [0.5, 0.6) is 0 Å². The lowest BCUT2D eigenvalue weighted by Gasteiger charge is -2.05. The van der Waals surface area contributed by atoms with Gasteiger partial charge in [0.25, 0.3) is 0 Å². The first-order valence-electron chi connectivity index (χ1n) is 5.31. The van der Waals surface area contributed by atoms with E-state index in [1.54, 1.807) is 12.1 Å². The summed E-state index contributed by atoms with van der Waals surface area (Å²) >= 11 is 5.69. The number of aromatic nitrogens is 1. The number of halogens is 1. The fourth-order valence-corrected chi connectivity index (χ4v) is 1.85. The van der Waals surface area contributed by atoms with Crippen LogP contribution in [0.3, 0.4) is 0 Å². The first-order valence-corrected chi connectivity index (χ1v) is 5.69. The van der Waals surface area contributed by atoms with Crippen LogP contribution in [0.2, 0.25) is 5.15 Å². The van der Waals surface area contributed by atoms with E-state index in [9.17, 15) is 4.79 Å². The molecule has 1 heterocycles. The molecule has 2 nitrogen and oxygen atoms in total. The van der Waals surface area contributed by atoms with Gasteiger partial charge in [0.1, 0.15) is 5.15 Å². The Bertz CT molecular complexity index is 561. The number of hydrogen-bond donors (Lipinski definition) is 0. The van der Waals surface area contributed by atoms with Crippen LogP contribution in [-0.4, -0.2) is 10.8 Å². The largest absolute Gasteiger partial charge is 0.289 e. The standard InChI is InChI=1S/C14H12ClNO/c1-9-3-5-12(10(2)7-9)14(17)11-4-6-13(15)16-8-11/h3-8H,1-2H3. The average molecular weight is 246 g/mol.